The van der Waals surface area contributed by atoms with Gasteiger partial charge >= 0.3 is 0 Å². The fourth-order valence-electron chi connectivity index (χ4n) is 4.32. The Kier molecular flexibility index (Phi) is 5.60. The molecule has 1 N–H and O–H groups in total. The van der Waals surface area contributed by atoms with Crippen molar-refractivity contribution in [1.29, 1.82) is 0 Å². The molecule has 0 radical (unpaired) electrons. The van der Waals surface area contributed by atoms with Gasteiger partial charge in [0.05, 0.1) is 30.7 Å². The second kappa shape index (κ2) is 8.71. The Balaban J connectivity index is 1.51. The van der Waals surface area contributed by atoms with E-state index in [0.29, 0.717) is 41.2 Å². The van der Waals surface area contributed by atoms with Crippen molar-refractivity contribution in [2.45, 2.75) is 32.4 Å². The number of hydrogen-bond donors (Lipinski definition) is 1. The third kappa shape index (κ3) is 4.09. The van der Waals surface area contributed by atoms with E-state index in [1.165, 1.54) is 0 Å². The Labute approximate surface area is 190 Å². The van der Waals surface area contributed by atoms with Crippen LogP contribution in [0.15, 0.2) is 51.7 Å². The molecule has 1 aliphatic rings. The van der Waals surface area contributed by atoms with Crippen molar-refractivity contribution in [3.63, 3.8) is 0 Å². The zero-order chi connectivity index (χ0) is 22.9. The van der Waals surface area contributed by atoms with Crippen molar-refractivity contribution in [2.24, 2.45) is 0 Å². The summed E-state index contributed by atoms with van der Waals surface area (Å²) in [5.41, 5.74) is 1.72. The average molecular weight is 447 g/mol. The number of fused-ring (bicyclic) bond motifs is 2. The van der Waals surface area contributed by atoms with Crippen LogP contribution in [0.3, 0.4) is 0 Å². The molecule has 2 aromatic carbocycles. The van der Waals surface area contributed by atoms with Crippen LogP contribution in [0.2, 0.25) is 0 Å². The topological polar surface area (TPSA) is 97.7 Å². The van der Waals surface area contributed by atoms with E-state index in [4.69, 9.17) is 13.9 Å². The number of benzene rings is 2. The molecule has 1 amide bonds. The van der Waals surface area contributed by atoms with Crippen LogP contribution in [0, 0.1) is 6.92 Å². The molecule has 1 atom stereocenters. The summed E-state index contributed by atoms with van der Waals surface area (Å²) >= 11 is 0. The summed E-state index contributed by atoms with van der Waals surface area (Å²) in [6.07, 6.45) is 1.77. The standard InChI is InChI=1S/C25H25N3O5/c1-15-19-12-16(31-2)9-10-21(19)33-23(15)25(30)28(13-17-6-5-11-32-17)14-22-26-20-8-4-3-7-18(20)24(29)27-22/h3-4,7-10,12,17H,5-6,11,13-14H2,1-2H3,(H,26,27,29)/t17-/m0/s1. The summed E-state index contributed by atoms with van der Waals surface area (Å²) in [5.74, 6) is 1.10. The maximum absolute atomic E-state index is 13.7. The summed E-state index contributed by atoms with van der Waals surface area (Å²) in [7, 11) is 1.60. The summed E-state index contributed by atoms with van der Waals surface area (Å²) in [6, 6.07) is 12.6. The van der Waals surface area contributed by atoms with Crippen molar-refractivity contribution >= 4 is 27.8 Å². The number of furan rings is 1. The van der Waals surface area contributed by atoms with Crippen LogP contribution in [-0.4, -0.2) is 47.1 Å². The highest BCUT2D eigenvalue weighted by molar-refractivity contribution is 5.99. The quantitative estimate of drug-likeness (QED) is 0.483. The molecule has 3 heterocycles. The number of nitrogens with one attached hydrogen (secondary N) is 1. The third-order valence-electron chi connectivity index (χ3n) is 6.08. The van der Waals surface area contributed by atoms with E-state index in [0.717, 1.165) is 23.8 Å². The van der Waals surface area contributed by atoms with Crippen LogP contribution in [0.1, 0.15) is 34.8 Å². The first-order chi connectivity index (χ1) is 16.0. The highest BCUT2D eigenvalue weighted by atomic mass is 16.5. The Morgan fingerprint density at radius 2 is 2.09 bits per heavy atom. The zero-order valence-electron chi connectivity index (χ0n) is 18.6. The fraction of sp³-hybridized carbons (Fsp3) is 0.320. The number of nitrogens with zero attached hydrogens (tertiary/aromatic N) is 2. The SMILES string of the molecule is COc1ccc2oc(C(=O)N(Cc3nc4ccccc4c(=O)[nH]3)C[C@@H]3CCCO3)c(C)c2c1. The number of aryl methyl sites for hydroxylation is 1. The lowest BCUT2D eigenvalue weighted by atomic mass is 10.1. The molecule has 1 fully saturated rings. The number of ether oxygens (including phenoxy) is 2. The second-order valence-corrected chi connectivity index (χ2v) is 8.27. The molecule has 8 nitrogen and oxygen atoms in total. The van der Waals surface area contributed by atoms with E-state index >= 15 is 0 Å². The molecule has 0 aliphatic carbocycles. The maximum atomic E-state index is 13.7. The van der Waals surface area contributed by atoms with Crippen molar-refractivity contribution in [3.8, 4) is 5.75 Å². The fourth-order valence-corrected chi connectivity index (χ4v) is 4.32. The average Bonchev–Trinajstić information content (AvgIpc) is 3.46. The van der Waals surface area contributed by atoms with Crippen LogP contribution >= 0.6 is 0 Å². The van der Waals surface area contributed by atoms with Gasteiger partial charge in [0.1, 0.15) is 17.2 Å². The predicted octanol–water partition coefficient (Wildman–Crippen LogP) is 3.81. The number of carbonyl (C=O) groups excluding carboxylic acids is 1. The lowest BCUT2D eigenvalue weighted by molar-refractivity contribution is 0.0479. The molecule has 0 saturated carbocycles. The van der Waals surface area contributed by atoms with Gasteiger partial charge in [0.25, 0.3) is 11.5 Å². The minimum absolute atomic E-state index is 0.0640. The van der Waals surface area contributed by atoms with Gasteiger partial charge in [-0.05, 0) is 50.1 Å². The number of carbonyl (C=O) groups is 1. The highest BCUT2D eigenvalue weighted by Crippen LogP contribution is 2.30. The smallest absolute Gasteiger partial charge is 0.290 e. The molecule has 0 spiro atoms. The molecule has 0 bridgehead atoms. The largest absolute Gasteiger partial charge is 0.497 e. The Morgan fingerprint density at radius 3 is 2.88 bits per heavy atom. The van der Waals surface area contributed by atoms with Gasteiger partial charge in [-0.25, -0.2) is 4.98 Å². The summed E-state index contributed by atoms with van der Waals surface area (Å²) in [5, 5.41) is 1.34. The van der Waals surface area contributed by atoms with Gasteiger partial charge in [-0.15, -0.1) is 0 Å². The van der Waals surface area contributed by atoms with Gasteiger partial charge in [0, 0.05) is 24.1 Å². The summed E-state index contributed by atoms with van der Waals surface area (Å²) < 4.78 is 17.1. The molecular formula is C25H25N3O5. The Bertz CT molecular complexity index is 1380. The summed E-state index contributed by atoms with van der Waals surface area (Å²) in [6.45, 7) is 3.06. The van der Waals surface area contributed by atoms with Crippen molar-refractivity contribution in [1.82, 2.24) is 14.9 Å². The number of amides is 1. The normalized spacial score (nSPS) is 15.9. The Morgan fingerprint density at radius 1 is 1.24 bits per heavy atom. The van der Waals surface area contributed by atoms with Crippen LogP contribution in [0.25, 0.3) is 21.9 Å². The van der Waals surface area contributed by atoms with Crippen LogP contribution in [0.5, 0.6) is 5.75 Å². The van der Waals surface area contributed by atoms with Crippen molar-refractivity contribution in [2.75, 3.05) is 20.3 Å². The van der Waals surface area contributed by atoms with E-state index in [-0.39, 0.29) is 29.9 Å². The lowest BCUT2D eigenvalue weighted by Gasteiger charge is -2.24. The Hall–Kier alpha value is -3.65. The molecule has 5 rings (SSSR count). The number of H-pyrrole nitrogens is 1. The molecular weight excluding hydrogens is 422 g/mol. The monoisotopic (exact) mass is 447 g/mol. The predicted molar refractivity (Wildman–Crippen MR) is 124 cm³/mol. The molecule has 0 unspecified atom stereocenters. The third-order valence-corrected chi connectivity index (χ3v) is 6.08. The van der Waals surface area contributed by atoms with Crippen molar-refractivity contribution in [3.05, 3.63) is 70.0 Å². The first-order valence-electron chi connectivity index (χ1n) is 11.0. The molecule has 1 aliphatic heterocycles. The van der Waals surface area contributed by atoms with Gasteiger partial charge < -0.3 is 23.8 Å². The van der Waals surface area contributed by atoms with E-state index in [9.17, 15) is 9.59 Å². The van der Waals surface area contributed by atoms with Crippen LogP contribution in [0.4, 0.5) is 0 Å². The maximum Gasteiger partial charge on any atom is 0.290 e. The molecule has 4 aromatic rings. The molecule has 1 saturated heterocycles. The zero-order valence-corrected chi connectivity index (χ0v) is 18.6. The minimum Gasteiger partial charge on any atom is -0.497 e. The van der Waals surface area contributed by atoms with Crippen LogP contribution in [-0.2, 0) is 11.3 Å². The van der Waals surface area contributed by atoms with Gasteiger partial charge in [-0.2, -0.15) is 0 Å². The summed E-state index contributed by atoms with van der Waals surface area (Å²) in [4.78, 5) is 35.2. The number of para-hydroxylation sites is 1. The van der Waals surface area contributed by atoms with E-state index in [1.54, 1.807) is 42.3 Å². The van der Waals surface area contributed by atoms with E-state index in [2.05, 4.69) is 9.97 Å². The molecule has 170 valence electrons. The van der Waals surface area contributed by atoms with E-state index in [1.807, 2.05) is 19.1 Å². The van der Waals surface area contributed by atoms with Crippen LogP contribution < -0.4 is 10.3 Å². The van der Waals surface area contributed by atoms with Gasteiger partial charge in [0.15, 0.2) is 5.76 Å². The molecule has 33 heavy (non-hydrogen) atoms. The second-order valence-electron chi connectivity index (χ2n) is 8.27. The molecule has 8 heteroatoms. The number of aromatic amines is 1. The van der Waals surface area contributed by atoms with Crippen molar-refractivity contribution < 1.29 is 18.7 Å². The lowest BCUT2D eigenvalue weighted by Crippen LogP contribution is -2.38. The highest BCUT2D eigenvalue weighted by Gasteiger charge is 2.28. The van der Waals surface area contributed by atoms with E-state index < -0.39 is 0 Å². The first kappa shape index (κ1) is 21.2. The van der Waals surface area contributed by atoms with Gasteiger partial charge in [-0.3, -0.25) is 9.59 Å². The number of aromatic nitrogens is 2. The number of methoxy groups -OCH3 is 1. The molecule has 2 aromatic heterocycles. The van der Waals surface area contributed by atoms with Gasteiger partial charge in [0.2, 0.25) is 0 Å². The minimum atomic E-state index is -0.269. The van der Waals surface area contributed by atoms with Gasteiger partial charge in [-0.1, -0.05) is 12.1 Å². The number of hydrogen-bond acceptors (Lipinski definition) is 6. The first-order valence-corrected chi connectivity index (χ1v) is 11.0. The number of rotatable bonds is 6.